The van der Waals surface area contributed by atoms with Gasteiger partial charge in [-0.15, -0.1) is 0 Å². The molecule has 0 amide bonds. The largest absolute Gasteiger partial charge is 0.491 e. The molecule has 1 atom stereocenters. The Bertz CT molecular complexity index is 840. The van der Waals surface area contributed by atoms with Crippen molar-refractivity contribution < 1.29 is 14.3 Å². The van der Waals surface area contributed by atoms with Crippen molar-refractivity contribution in [3.8, 4) is 5.75 Å². The van der Waals surface area contributed by atoms with Crippen molar-refractivity contribution in [3.05, 3.63) is 58.9 Å². The van der Waals surface area contributed by atoms with Gasteiger partial charge in [-0.1, -0.05) is 28.1 Å². The number of nitrogens with zero attached hydrogens (tertiary/aromatic N) is 2. The summed E-state index contributed by atoms with van der Waals surface area (Å²) >= 11 is 3.40. The normalized spacial score (nSPS) is 17.3. The molecule has 0 aliphatic carbocycles. The quantitative estimate of drug-likeness (QED) is 0.634. The molecule has 1 saturated heterocycles. The first kappa shape index (κ1) is 18.5. The second kappa shape index (κ2) is 8.42. The van der Waals surface area contributed by atoms with E-state index in [2.05, 4.69) is 25.8 Å². The Morgan fingerprint density at radius 1 is 1.15 bits per heavy atom. The summed E-state index contributed by atoms with van der Waals surface area (Å²) in [7, 11) is 0. The summed E-state index contributed by atoms with van der Waals surface area (Å²) in [5.41, 5.74) is 1.78. The summed E-state index contributed by atoms with van der Waals surface area (Å²) in [6, 6.07) is 15.5. The molecule has 5 nitrogen and oxygen atoms in total. The third-order valence-corrected chi connectivity index (χ3v) is 5.50. The average Bonchev–Trinajstić information content (AvgIpc) is 3.12. The molecule has 1 unspecified atom stereocenters. The van der Waals surface area contributed by atoms with Crippen LogP contribution in [0.2, 0.25) is 0 Å². The zero-order valence-electron chi connectivity index (χ0n) is 15.1. The van der Waals surface area contributed by atoms with E-state index in [4.69, 9.17) is 9.15 Å². The SMILES string of the molecule is OC(COc1ccc(Br)cc1)CN1CCC(c2nc3ccccc3o2)CC1. The lowest BCUT2D eigenvalue weighted by Gasteiger charge is -2.31. The van der Waals surface area contributed by atoms with Gasteiger partial charge in [-0.25, -0.2) is 4.98 Å². The minimum atomic E-state index is -0.505. The predicted molar refractivity (Wildman–Crippen MR) is 108 cm³/mol. The maximum Gasteiger partial charge on any atom is 0.198 e. The van der Waals surface area contributed by atoms with Crippen molar-refractivity contribution in [1.82, 2.24) is 9.88 Å². The molecule has 0 radical (unpaired) electrons. The van der Waals surface area contributed by atoms with Crippen molar-refractivity contribution in [3.63, 3.8) is 0 Å². The first-order chi connectivity index (χ1) is 13.2. The van der Waals surface area contributed by atoms with Crippen LogP contribution in [0.1, 0.15) is 24.7 Å². The number of hydrogen-bond donors (Lipinski definition) is 1. The second-order valence-corrected chi connectivity index (χ2v) is 7.93. The molecule has 4 rings (SSSR count). The van der Waals surface area contributed by atoms with E-state index in [0.29, 0.717) is 19.1 Å². The smallest absolute Gasteiger partial charge is 0.198 e. The van der Waals surface area contributed by atoms with Gasteiger partial charge in [0.15, 0.2) is 11.5 Å². The summed E-state index contributed by atoms with van der Waals surface area (Å²) in [5.74, 6) is 1.96. The number of halogens is 1. The maximum atomic E-state index is 10.3. The second-order valence-electron chi connectivity index (χ2n) is 7.01. The van der Waals surface area contributed by atoms with E-state index in [9.17, 15) is 5.11 Å². The molecule has 0 bridgehead atoms. The van der Waals surface area contributed by atoms with Crippen LogP contribution in [0, 0.1) is 0 Å². The van der Waals surface area contributed by atoms with Crippen LogP contribution in [0.15, 0.2) is 57.4 Å². The third-order valence-electron chi connectivity index (χ3n) is 4.97. The number of likely N-dealkylation sites (tertiary alicyclic amines) is 1. The van der Waals surface area contributed by atoms with E-state index in [1.165, 1.54) is 0 Å². The van der Waals surface area contributed by atoms with Gasteiger partial charge in [-0.2, -0.15) is 0 Å². The topological polar surface area (TPSA) is 58.7 Å². The number of para-hydroxylation sites is 2. The first-order valence-electron chi connectivity index (χ1n) is 9.31. The minimum absolute atomic E-state index is 0.298. The molecule has 1 aliphatic heterocycles. The fourth-order valence-electron chi connectivity index (χ4n) is 3.50. The van der Waals surface area contributed by atoms with Gasteiger partial charge >= 0.3 is 0 Å². The van der Waals surface area contributed by atoms with Crippen LogP contribution in [0.25, 0.3) is 11.1 Å². The van der Waals surface area contributed by atoms with Crippen LogP contribution in [-0.2, 0) is 0 Å². The molecule has 27 heavy (non-hydrogen) atoms. The van der Waals surface area contributed by atoms with Crippen LogP contribution in [-0.4, -0.2) is 47.3 Å². The number of piperidine rings is 1. The Morgan fingerprint density at radius 2 is 1.89 bits per heavy atom. The van der Waals surface area contributed by atoms with E-state index >= 15 is 0 Å². The maximum absolute atomic E-state index is 10.3. The Labute approximate surface area is 167 Å². The summed E-state index contributed by atoms with van der Waals surface area (Å²) < 4.78 is 12.6. The Morgan fingerprint density at radius 3 is 2.63 bits per heavy atom. The third kappa shape index (κ3) is 4.69. The number of fused-ring (bicyclic) bond motifs is 1. The number of oxazole rings is 1. The van der Waals surface area contributed by atoms with Gasteiger partial charge in [-0.05, 0) is 62.3 Å². The molecule has 2 heterocycles. The molecular formula is C21H23BrN2O3. The summed E-state index contributed by atoms with van der Waals surface area (Å²) in [6.45, 7) is 2.78. The molecule has 142 valence electrons. The van der Waals surface area contributed by atoms with Crippen LogP contribution in [0.3, 0.4) is 0 Å². The summed E-state index contributed by atoms with van der Waals surface area (Å²) in [5, 5.41) is 10.3. The highest BCUT2D eigenvalue weighted by Gasteiger charge is 2.25. The van der Waals surface area contributed by atoms with E-state index in [0.717, 1.165) is 53.1 Å². The molecule has 1 aliphatic rings. The summed E-state index contributed by atoms with van der Waals surface area (Å²) in [6.07, 6.45) is 1.48. The van der Waals surface area contributed by atoms with E-state index < -0.39 is 6.10 Å². The number of β-amino-alcohol motifs (C(OH)–C–C–N with tert-alkyl or cyclic N) is 1. The molecule has 0 spiro atoms. The average molecular weight is 431 g/mol. The number of aliphatic hydroxyl groups is 1. The number of aliphatic hydroxyl groups excluding tert-OH is 1. The molecule has 2 aromatic carbocycles. The highest BCUT2D eigenvalue weighted by molar-refractivity contribution is 9.10. The Hall–Kier alpha value is -1.89. The molecule has 3 aromatic rings. The Balaban J connectivity index is 1.24. The van der Waals surface area contributed by atoms with Gasteiger partial charge in [0.1, 0.15) is 24.0 Å². The number of benzene rings is 2. The number of ether oxygens (including phenoxy) is 1. The predicted octanol–water partition coefficient (Wildman–Crippen LogP) is 4.21. The van der Waals surface area contributed by atoms with Crippen molar-refractivity contribution in [2.24, 2.45) is 0 Å². The van der Waals surface area contributed by atoms with Crippen molar-refractivity contribution >= 4 is 27.0 Å². The van der Waals surface area contributed by atoms with Crippen molar-refractivity contribution in [2.45, 2.75) is 24.9 Å². The van der Waals surface area contributed by atoms with Gasteiger partial charge in [0, 0.05) is 16.9 Å². The van der Waals surface area contributed by atoms with Crippen molar-refractivity contribution in [2.75, 3.05) is 26.2 Å². The molecule has 1 fully saturated rings. The van der Waals surface area contributed by atoms with Gasteiger partial charge in [0.25, 0.3) is 0 Å². The zero-order chi connectivity index (χ0) is 18.6. The highest BCUT2D eigenvalue weighted by atomic mass is 79.9. The molecule has 1 aromatic heterocycles. The number of hydrogen-bond acceptors (Lipinski definition) is 5. The monoisotopic (exact) mass is 430 g/mol. The van der Waals surface area contributed by atoms with E-state index in [1.54, 1.807) is 0 Å². The van der Waals surface area contributed by atoms with E-state index in [1.807, 2.05) is 48.5 Å². The lowest BCUT2D eigenvalue weighted by Crippen LogP contribution is -2.40. The minimum Gasteiger partial charge on any atom is -0.491 e. The van der Waals surface area contributed by atoms with Gasteiger partial charge < -0.3 is 19.2 Å². The van der Waals surface area contributed by atoms with Gasteiger partial charge in [0.05, 0.1) is 0 Å². The highest BCUT2D eigenvalue weighted by Crippen LogP contribution is 2.29. The first-order valence-corrected chi connectivity index (χ1v) is 10.1. The fourth-order valence-corrected chi connectivity index (χ4v) is 3.77. The molecular weight excluding hydrogens is 408 g/mol. The fraction of sp³-hybridized carbons (Fsp3) is 0.381. The number of rotatable bonds is 6. The lowest BCUT2D eigenvalue weighted by atomic mass is 9.96. The summed E-state index contributed by atoms with van der Waals surface area (Å²) in [4.78, 5) is 6.92. The van der Waals surface area contributed by atoms with E-state index in [-0.39, 0.29) is 0 Å². The van der Waals surface area contributed by atoms with Crippen LogP contribution >= 0.6 is 15.9 Å². The van der Waals surface area contributed by atoms with Crippen LogP contribution in [0.5, 0.6) is 5.75 Å². The molecule has 0 saturated carbocycles. The Kier molecular flexibility index (Phi) is 5.76. The van der Waals surface area contributed by atoms with Gasteiger partial charge in [-0.3, -0.25) is 0 Å². The van der Waals surface area contributed by atoms with Crippen LogP contribution < -0.4 is 4.74 Å². The molecule has 1 N–H and O–H groups in total. The number of aromatic nitrogens is 1. The van der Waals surface area contributed by atoms with Gasteiger partial charge in [0.2, 0.25) is 0 Å². The standard InChI is InChI=1S/C21H23BrN2O3/c22-16-5-7-18(8-6-16)26-14-17(25)13-24-11-9-15(10-12-24)21-23-19-3-1-2-4-20(19)27-21/h1-8,15,17,25H,9-14H2. The van der Waals surface area contributed by atoms with Crippen molar-refractivity contribution in [1.29, 1.82) is 0 Å². The lowest BCUT2D eigenvalue weighted by molar-refractivity contribution is 0.0583. The molecule has 6 heteroatoms. The van der Waals surface area contributed by atoms with Crippen LogP contribution in [0.4, 0.5) is 0 Å². The zero-order valence-corrected chi connectivity index (χ0v) is 16.6.